The van der Waals surface area contributed by atoms with Gasteiger partial charge in [0, 0.05) is 0 Å². The Morgan fingerprint density at radius 3 is 2.16 bits per heavy atom. The topological polar surface area (TPSA) is 99.8 Å². The van der Waals surface area contributed by atoms with Crippen LogP contribution in [-0.4, -0.2) is 19.9 Å². The van der Waals surface area contributed by atoms with E-state index in [1.807, 2.05) is 37.3 Å². The average Bonchev–Trinajstić information content (AvgIpc) is 2.61. The van der Waals surface area contributed by atoms with Crippen LogP contribution in [0.3, 0.4) is 0 Å². The molecule has 0 saturated carbocycles. The number of nitrogens with two attached hydrogens (primary N) is 1. The van der Waals surface area contributed by atoms with Gasteiger partial charge in [-0.15, -0.1) is 0 Å². The van der Waals surface area contributed by atoms with Crippen molar-refractivity contribution < 1.29 is 13.2 Å². The molecule has 6 nitrogen and oxygen atoms in total. The van der Waals surface area contributed by atoms with Crippen molar-refractivity contribution in [2.45, 2.75) is 11.8 Å². The number of fused-ring (bicyclic) bond motifs is 1. The zero-order chi connectivity index (χ0) is 18.4. The molecular formula is C18H18N4O2S. The second kappa shape index (κ2) is 7.72. The minimum absolute atomic E-state index is 0.175. The van der Waals surface area contributed by atoms with Crippen molar-refractivity contribution in [2.24, 2.45) is 5.84 Å². The van der Waals surface area contributed by atoms with Crippen molar-refractivity contribution in [1.82, 2.24) is 0 Å². The van der Waals surface area contributed by atoms with Crippen LogP contribution in [-0.2, 0) is 10.0 Å². The van der Waals surface area contributed by atoms with Crippen LogP contribution in [0.5, 0.6) is 0 Å². The molecule has 0 aromatic heterocycles. The number of anilines is 1. The second-order valence-electron chi connectivity index (χ2n) is 5.29. The van der Waals surface area contributed by atoms with E-state index < -0.39 is 10.0 Å². The van der Waals surface area contributed by atoms with Crippen molar-refractivity contribution in [3.8, 4) is 0 Å². The minimum Gasteiger partial charge on any atom is -0.362 e. The molecule has 0 amide bonds. The Morgan fingerprint density at radius 2 is 1.56 bits per heavy atom. The van der Waals surface area contributed by atoms with Gasteiger partial charge < -0.3 is 5.53 Å². The normalized spacial score (nSPS) is 10.5. The molecule has 7 heteroatoms. The van der Waals surface area contributed by atoms with Crippen LogP contribution in [0.2, 0.25) is 0 Å². The van der Waals surface area contributed by atoms with E-state index in [9.17, 15) is 8.42 Å². The van der Waals surface area contributed by atoms with Crippen LogP contribution in [0.1, 0.15) is 5.56 Å². The van der Waals surface area contributed by atoms with Gasteiger partial charge in [0.15, 0.2) is 0 Å². The van der Waals surface area contributed by atoms with Gasteiger partial charge in [0.2, 0.25) is 6.72 Å². The summed E-state index contributed by atoms with van der Waals surface area (Å²) in [6, 6.07) is 19.7. The summed E-state index contributed by atoms with van der Waals surface area (Å²) in [5, 5.41) is 1.97. The largest absolute Gasteiger partial charge is 0.362 e. The lowest BCUT2D eigenvalue weighted by Crippen LogP contribution is -2.37. The van der Waals surface area contributed by atoms with E-state index in [-0.39, 0.29) is 4.90 Å². The SMILES string of the molecule is C=[N+]=[N-].Cc1ccc(S(=O)(=O)N(N)c2ccc3ccccc3c2)cc1. The maximum atomic E-state index is 12.6. The zero-order valence-corrected chi connectivity index (χ0v) is 14.5. The molecule has 0 saturated heterocycles. The van der Waals surface area contributed by atoms with Crippen molar-refractivity contribution >= 4 is 33.2 Å². The Labute approximate surface area is 146 Å². The minimum atomic E-state index is -3.77. The fourth-order valence-electron chi connectivity index (χ4n) is 2.28. The molecule has 0 aliphatic heterocycles. The first kappa shape index (κ1) is 18.4. The highest BCUT2D eigenvalue weighted by atomic mass is 32.2. The molecule has 25 heavy (non-hydrogen) atoms. The average molecular weight is 354 g/mol. The number of rotatable bonds is 3. The monoisotopic (exact) mass is 354 g/mol. The Kier molecular flexibility index (Phi) is 5.67. The molecule has 3 aromatic carbocycles. The van der Waals surface area contributed by atoms with E-state index in [0.29, 0.717) is 5.69 Å². The van der Waals surface area contributed by atoms with Crippen molar-refractivity contribution in [3.05, 3.63) is 77.8 Å². The van der Waals surface area contributed by atoms with Gasteiger partial charge in [0.25, 0.3) is 10.0 Å². The summed E-state index contributed by atoms with van der Waals surface area (Å²) < 4.78 is 26.0. The third-order valence-corrected chi connectivity index (χ3v) is 5.16. The Bertz CT molecular complexity index is 1010. The summed E-state index contributed by atoms with van der Waals surface area (Å²) in [5.41, 5.74) is 8.51. The lowest BCUT2D eigenvalue weighted by Gasteiger charge is -2.19. The molecule has 0 aliphatic rings. The standard InChI is InChI=1S/C17H16N2O2S.CH2N2/c1-13-6-10-17(11-7-13)22(20,21)19(18)16-9-8-14-4-2-3-5-15(14)12-16;1-3-2/h2-12H,18H2,1H3;1H2. The molecule has 0 unspecified atom stereocenters. The number of nitrogens with zero attached hydrogens (tertiary/aromatic N) is 3. The van der Waals surface area contributed by atoms with Crippen LogP contribution in [0, 0.1) is 6.92 Å². The molecule has 0 fully saturated rings. The third-order valence-electron chi connectivity index (χ3n) is 3.57. The second-order valence-corrected chi connectivity index (χ2v) is 7.10. The molecule has 0 bridgehead atoms. The number of aryl methyl sites for hydroxylation is 1. The molecule has 3 rings (SSSR count). The van der Waals surface area contributed by atoms with E-state index >= 15 is 0 Å². The zero-order valence-electron chi connectivity index (χ0n) is 13.7. The lowest BCUT2D eigenvalue weighted by molar-refractivity contribution is 0.0110. The highest BCUT2D eigenvalue weighted by Crippen LogP contribution is 2.25. The number of benzene rings is 3. The van der Waals surface area contributed by atoms with E-state index in [2.05, 4.69) is 11.5 Å². The van der Waals surface area contributed by atoms with Crippen LogP contribution in [0.4, 0.5) is 5.69 Å². The predicted octanol–water partition coefficient (Wildman–Crippen LogP) is 3.13. The summed E-state index contributed by atoms with van der Waals surface area (Å²) in [6.07, 6.45) is 0. The summed E-state index contributed by atoms with van der Waals surface area (Å²) in [5.74, 6) is 5.88. The van der Waals surface area contributed by atoms with Crippen molar-refractivity contribution in [3.63, 3.8) is 0 Å². The Balaban J connectivity index is 0.000000701. The van der Waals surface area contributed by atoms with Crippen molar-refractivity contribution in [1.29, 1.82) is 0 Å². The molecule has 0 atom stereocenters. The number of hydrogen-bond acceptors (Lipinski definition) is 3. The van der Waals surface area contributed by atoms with Crippen LogP contribution in [0.25, 0.3) is 16.3 Å². The summed E-state index contributed by atoms with van der Waals surface area (Å²) in [7, 11) is -3.77. The third kappa shape index (κ3) is 4.10. The molecule has 3 aromatic rings. The van der Waals surface area contributed by atoms with E-state index in [4.69, 9.17) is 11.4 Å². The van der Waals surface area contributed by atoms with Gasteiger partial charge in [-0.3, -0.25) is 0 Å². The summed E-state index contributed by atoms with van der Waals surface area (Å²) >= 11 is 0. The predicted molar refractivity (Wildman–Crippen MR) is 99.7 cm³/mol. The smallest absolute Gasteiger partial charge is 0.277 e. The first-order valence-corrected chi connectivity index (χ1v) is 8.79. The van der Waals surface area contributed by atoms with Gasteiger partial charge >= 0.3 is 0 Å². The molecule has 128 valence electrons. The molecular weight excluding hydrogens is 336 g/mol. The van der Waals surface area contributed by atoms with Gasteiger partial charge in [0.05, 0.1) is 10.6 Å². The molecule has 2 N–H and O–H groups in total. The Morgan fingerprint density at radius 1 is 1.00 bits per heavy atom. The van der Waals surface area contributed by atoms with E-state index in [0.717, 1.165) is 20.8 Å². The highest BCUT2D eigenvalue weighted by Gasteiger charge is 2.22. The Hall–Kier alpha value is -2.99. The fourth-order valence-corrected chi connectivity index (χ4v) is 3.37. The van der Waals surface area contributed by atoms with Gasteiger partial charge in [-0.2, -0.15) is 13.2 Å². The van der Waals surface area contributed by atoms with Gasteiger partial charge in [-0.05, 0) is 42.0 Å². The summed E-state index contributed by atoms with van der Waals surface area (Å²) in [6.45, 7) is 4.57. The number of sulfonamides is 1. The van der Waals surface area contributed by atoms with Crippen LogP contribution in [0.15, 0.2) is 71.6 Å². The molecule has 0 heterocycles. The van der Waals surface area contributed by atoms with Gasteiger partial charge in [-0.25, -0.2) is 10.3 Å². The van der Waals surface area contributed by atoms with E-state index in [1.165, 1.54) is 0 Å². The lowest BCUT2D eigenvalue weighted by atomic mass is 10.1. The maximum Gasteiger partial charge on any atom is 0.277 e. The van der Waals surface area contributed by atoms with Crippen LogP contribution >= 0.6 is 0 Å². The summed E-state index contributed by atoms with van der Waals surface area (Å²) in [4.78, 5) is 2.42. The first-order valence-electron chi connectivity index (χ1n) is 7.35. The number of hydrogen-bond donors (Lipinski definition) is 1. The highest BCUT2D eigenvalue weighted by molar-refractivity contribution is 7.92. The van der Waals surface area contributed by atoms with E-state index in [1.54, 1.807) is 36.4 Å². The molecule has 0 spiro atoms. The quantitative estimate of drug-likeness (QED) is 0.257. The molecule has 0 radical (unpaired) electrons. The van der Waals surface area contributed by atoms with Crippen LogP contribution < -0.4 is 10.3 Å². The number of hydrazine groups is 1. The van der Waals surface area contributed by atoms with Crippen molar-refractivity contribution in [2.75, 3.05) is 4.41 Å². The molecule has 0 aliphatic carbocycles. The van der Waals surface area contributed by atoms with Gasteiger partial charge in [-0.1, -0.05) is 48.0 Å². The fraction of sp³-hybridized carbons (Fsp3) is 0.0556. The maximum absolute atomic E-state index is 12.6. The first-order chi connectivity index (χ1) is 11.9. The van der Waals surface area contributed by atoms with Gasteiger partial charge in [0.1, 0.15) is 0 Å².